The molecule has 0 spiro atoms. The van der Waals surface area contributed by atoms with E-state index in [9.17, 15) is 5.11 Å². The van der Waals surface area contributed by atoms with E-state index in [0.29, 0.717) is 6.54 Å². The van der Waals surface area contributed by atoms with Crippen LogP contribution >= 0.6 is 0 Å². The number of hydrogen-bond donors (Lipinski definition) is 2. The summed E-state index contributed by atoms with van der Waals surface area (Å²) in [5.41, 5.74) is 4.12. The summed E-state index contributed by atoms with van der Waals surface area (Å²) in [7, 11) is 0. The van der Waals surface area contributed by atoms with E-state index in [1.165, 1.54) is 10.8 Å². The first-order chi connectivity index (χ1) is 17.3. The molecular weight excluding hydrogens is 440 g/mol. The van der Waals surface area contributed by atoms with Crippen molar-refractivity contribution in [3.05, 3.63) is 120 Å². The number of phenolic OH excluding ortho intramolecular Hbond substituents is 1. The molecule has 36 heavy (non-hydrogen) atoms. The highest BCUT2D eigenvalue weighted by Crippen LogP contribution is 2.43. The van der Waals surface area contributed by atoms with Crippen molar-refractivity contribution in [3.63, 3.8) is 0 Å². The monoisotopic (exact) mass is 478 g/mol. The lowest BCUT2D eigenvalue weighted by atomic mass is 9.70. The normalized spacial score (nSPS) is 14.3. The molecule has 0 aromatic heterocycles. The maximum Gasteiger partial charge on any atom is 0.115 e. The molecule has 0 fully saturated rings. The lowest BCUT2D eigenvalue weighted by Crippen LogP contribution is -2.29. The fourth-order valence-electron chi connectivity index (χ4n) is 4.69. The third-order valence-electron chi connectivity index (χ3n) is 6.38. The number of rotatable bonds is 9. The van der Waals surface area contributed by atoms with E-state index < -0.39 is 0 Å². The molecule has 186 valence electrons. The van der Waals surface area contributed by atoms with Crippen molar-refractivity contribution in [1.82, 2.24) is 5.32 Å². The zero-order chi connectivity index (χ0) is 26.1. The molecule has 3 heteroatoms. The lowest BCUT2D eigenvalue weighted by molar-refractivity contribution is 0.329. The van der Waals surface area contributed by atoms with Crippen LogP contribution in [0.15, 0.2) is 114 Å². The van der Waals surface area contributed by atoms with Crippen LogP contribution < -0.4 is 5.32 Å². The molecule has 3 aromatic carbocycles. The molecule has 0 heterocycles. The Labute approximate surface area is 216 Å². The summed E-state index contributed by atoms with van der Waals surface area (Å²) < 4.78 is 0. The molecule has 0 bridgehead atoms. The van der Waals surface area contributed by atoms with Gasteiger partial charge in [-0.25, -0.2) is 0 Å². The quantitative estimate of drug-likeness (QED) is 0.184. The Hall–Kier alpha value is -3.85. The van der Waals surface area contributed by atoms with Gasteiger partial charge in [0.15, 0.2) is 0 Å². The molecule has 0 radical (unpaired) electrons. The number of aliphatic imine (C=N–C) groups is 1. The van der Waals surface area contributed by atoms with Gasteiger partial charge in [-0.05, 0) is 71.9 Å². The molecule has 2 N–H and O–H groups in total. The van der Waals surface area contributed by atoms with Gasteiger partial charge in [0, 0.05) is 18.2 Å². The fraction of sp³-hybridized carbons (Fsp3) is 0.242. The largest absolute Gasteiger partial charge is 0.508 e. The Morgan fingerprint density at radius 1 is 1.03 bits per heavy atom. The molecule has 1 unspecified atom stereocenters. The van der Waals surface area contributed by atoms with Crippen LogP contribution in [-0.4, -0.2) is 17.5 Å². The second-order valence-corrected chi connectivity index (χ2v) is 9.71. The van der Waals surface area contributed by atoms with Crippen molar-refractivity contribution in [3.8, 4) is 5.75 Å². The SMILES string of the molecule is C=C/C=C(\C=C/C)C(c1cccc(O)c1)C(C)(C)CN=C(C)N/C(=C\C)c1ccc2ccccc2c1. The van der Waals surface area contributed by atoms with Gasteiger partial charge in [0.1, 0.15) is 5.75 Å². The summed E-state index contributed by atoms with van der Waals surface area (Å²) in [6.45, 7) is 15.0. The average Bonchev–Trinajstić information content (AvgIpc) is 2.86. The number of aromatic hydroxyl groups is 1. The highest BCUT2D eigenvalue weighted by atomic mass is 16.3. The topological polar surface area (TPSA) is 44.6 Å². The van der Waals surface area contributed by atoms with Gasteiger partial charge in [0.05, 0.1) is 5.84 Å². The summed E-state index contributed by atoms with van der Waals surface area (Å²) in [6.07, 6.45) is 10.1. The molecule has 0 saturated heterocycles. The molecule has 0 saturated carbocycles. The van der Waals surface area contributed by atoms with Crippen LogP contribution in [-0.2, 0) is 0 Å². The minimum atomic E-state index is -0.232. The summed E-state index contributed by atoms with van der Waals surface area (Å²) >= 11 is 0. The molecule has 0 aliphatic carbocycles. The van der Waals surface area contributed by atoms with Gasteiger partial charge in [0.25, 0.3) is 0 Å². The van der Waals surface area contributed by atoms with Crippen molar-refractivity contribution in [2.75, 3.05) is 6.54 Å². The van der Waals surface area contributed by atoms with Crippen LogP contribution in [0.2, 0.25) is 0 Å². The predicted molar refractivity (Wildman–Crippen MR) is 156 cm³/mol. The van der Waals surface area contributed by atoms with E-state index in [-0.39, 0.29) is 17.1 Å². The van der Waals surface area contributed by atoms with Crippen LogP contribution in [0.1, 0.15) is 51.7 Å². The van der Waals surface area contributed by atoms with Crippen molar-refractivity contribution in [2.45, 2.75) is 40.5 Å². The maximum absolute atomic E-state index is 10.2. The number of fused-ring (bicyclic) bond motifs is 1. The maximum atomic E-state index is 10.2. The average molecular weight is 479 g/mol. The van der Waals surface area contributed by atoms with Gasteiger partial charge in [-0.1, -0.05) is 99.3 Å². The highest BCUT2D eigenvalue weighted by molar-refractivity contribution is 5.92. The van der Waals surface area contributed by atoms with Gasteiger partial charge in [-0.3, -0.25) is 4.99 Å². The van der Waals surface area contributed by atoms with Gasteiger partial charge in [0.2, 0.25) is 0 Å². The van der Waals surface area contributed by atoms with E-state index in [0.717, 1.165) is 28.2 Å². The minimum absolute atomic E-state index is 0.0250. The molecule has 0 amide bonds. The zero-order valence-electron chi connectivity index (χ0n) is 22.1. The summed E-state index contributed by atoms with van der Waals surface area (Å²) in [5.74, 6) is 1.15. The van der Waals surface area contributed by atoms with Crippen LogP contribution in [0.3, 0.4) is 0 Å². The van der Waals surface area contributed by atoms with Gasteiger partial charge >= 0.3 is 0 Å². The first-order valence-corrected chi connectivity index (χ1v) is 12.5. The predicted octanol–water partition coefficient (Wildman–Crippen LogP) is 8.41. The first-order valence-electron chi connectivity index (χ1n) is 12.5. The number of nitrogens with one attached hydrogen (secondary N) is 1. The Bertz CT molecular complexity index is 1320. The smallest absolute Gasteiger partial charge is 0.115 e. The number of amidine groups is 1. The van der Waals surface area contributed by atoms with E-state index >= 15 is 0 Å². The molecule has 0 aliphatic heterocycles. The molecule has 3 rings (SSSR count). The second kappa shape index (κ2) is 12.2. The van der Waals surface area contributed by atoms with Gasteiger partial charge in [-0.2, -0.15) is 0 Å². The third kappa shape index (κ3) is 6.63. The highest BCUT2D eigenvalue weighted by Gasteiger charge is 2.33. The Kier molecular flexibility index (Phi) is 9.08. The summed E-state index contributed by atoms with van der Waals surface area (Å²) in [5, 5.41) is 16.1. The second-order valence-electron chi connectivity index (χ2n) is 9.71. The molecule has 1 atom stereocenters. The number of benzene rings is 3. The van der Waals surface area contributed by atoms with E-state index in [1.807, 2.05) is 51.1 Å². The molecule has 3 nitrogen and oxygen atoms in total. The molecule has 3 aromatic rings. The van der Waals surface area contributed by atoms with Gasteiger partial charge < -0.3 is 10.4 Å². The minimum Gasteiger partial charge on any atom is -0.508 e. The van der Waals surface area contributed by atoms with E-state index in [2.05, 4.69) is 86.4 Å². The van der Waals surface area contributed by atoms with Crippen molar-refractivity contribution in [1.29, 1.82) is 0 Å². The zero-order valence-corrected chi connectivity index (χ0v) is 22.1. The summed E-state index contributed by atoms with van der Waals surface area (Å²) in [4.78, 5) is 4.97. The fourth-order valence-corrected chi connectivity index (χ4v) is 4.69. The number of phenols is 1. The Morgan fingerprint density at radius 3 is 2.44 bits per heavy atom. The Morgan fingerprint density at radius 2 is 1.78 bits per heavy atom. The van der Waals surface area contributed by atoms with Crippen LogP contribution in [0, 0.1) is 5.41 Å². The third-order valence-corrected chi connectivity index (χ3v) is 6.38. The lowest BCUT2D eigenvalue weighted by Gasteiger charge is -2.35. The Balaban J connectivity index is 1.87. The van der Waals surface area contributed by atoms with Crippen LogP contribution in [0.4, 0.5) is 0 Å². The number of hydrogen-bond acceptors (Lipinski definition) is 2. The van der Waals surface area contributed by atoms with E-state index in [4.69, 9.17) is 4.99 Å². The van der Waals surface area contributed by atoms with Crippen molar-refractivity contribution >= 4 is 22.3 Å². The molecule has 0 aliphatic rings. The van der Waals surface area contributed by atoms with Crippen molar-refractivity contribution in [2.24, 2.45) is 10.4 Å². The van der Waals surface area contributed by atoms with Gasteiger partial charge in [-0.15, -0.1) is 0 Å². The number of nitrogens with zero attached hydrogens (tertiary/aromatic N) is 1. The first kappa shape index (κ1) is 26.7. The van der Waals surface area contributed by atoms with Crippen molar-refractivity contribution < 1.29 is 5.11 Å². The van der Waals surface area contributed by atoms with E-state index in [1.54, 1.807) is 6.07 Å². The van der Waals surface area contributed by atoms with Crippen LogP contribution in [0.25, 0.3) is 16.5 Å². The molecular formula is C33H38N2O. The van der Waals surface area contributed by atoms with Crippen LogP contribution in [0.5, 0.6) is 5.75 Å². The number of allylic oxidation sites excluding steroid dienone is 6. The standard InChI is InChI=1S/C33H38N2O/c1-7-13-26(14-8-2)32(29-17-12-18-30(36)22-29)33(5,6)23-34-24(4)35-31(9-3)28-20-19-25-15-10-11-16-27(25)21-28/h7-22,32,36H,1,23H2,2-6H3,(H,34,35)/b14-8-,26-13+,31-9-. The summed E-state index contributed by atoms with van der Waals surface area (Å²) in [6, 6.07) is 22.4.